The van der Waals surface area contributed by atoms with E-state index in [1.807, 2.05) is 12.1 Å². The molecule has 0 spiro atoms. The van der Waals surface area contributed by atoms with E-state index in [0.29, 0.717) is 0 Å². The van der Waals surface area contributed by atoms with Crippen LogP contribution in [0.2, 0.25) is 0 Å². The van der Waals surface area contributed by atoms with Crippen molar-refractivity contribution < 1.29 is 4.74 Å². The lowest BCUT2D eigenvalue weighted by atomic mass is 10.2. The van der Waals surface area contributed by atoms with Gasteiger partial charge in [-0.15, -0.1) is 16.4 Å². The van der Waals surface area contributed by atoms with Crippen LogP contribution in [-0.4, -0.2) is 16.7 Å². The third kappa shape index (κ3) is 1.77. The molecule has 0 aliphatic carbocycles. The summed E-state index contributed by atoms with van der Waals surface area (Å²) in [7, 11) is 1.65. The van der Waals surface area contributed by atoms with Gasteiger partial charge in [0, 0.05) is 4.88 Å². The molecule has 2 rings (SSSR count). The lowest BCUT2D eigenvalue weighted by Gasteiger charge is -2.03. The summed E-state index contributed by atoms with van der Waals surface area (Å²) in [5.74, 6) is 0. The Morgan fingerprint density at radius 2 is 2.29 bits per heavy atom. The molecule has 4 nitrogen and oxygen atoms in total. The Bertz CT molecular complexity index is 398. The summed E-state index contributed by atoms with van der Waals surface area (Å²) in [5, 5.41) is 4.63. The minimum atomic E-state index is -0.135. The average Bonchev–Trinajstić information content (AvgIpc) is 2.88. The number of methoxy groups -OCH3 is 1. The van der Waals surface area contributed by atoms with E-state index < -0.39 is 0 Å². The van der Waals surface area contributed by atoms with Gasteiger partial charge in [0.2, 0.25) is 0 Å². The van der Waals surface area contributed by atoms with Gasteiger partial charge in [0.15, 0.2) is 5.06 Å². The Balaban J connectivity index is 2.23. The minimum Gasteiger partial charge on any atom is -0.487 e. The first-order valence-corrected chi connectivity index (χ1v) is 5.57. The van der Waals surface area contributed by atoms with Gasteiger partial charge in [-0.3, -0.25) is 0 Å². The number of hydrogen-bond donors (Lipinski definition) is 1. The van der Waals surface area contributed by atoms with Gasteiger partial charge in [-0.2, -0.15) is 0 Å². The van der Waals surface area contributed by atoms with Crippen molar-refractivity contribution in [1.29, 1.82) is 0 Å². The molecule has 0 radical (unpaired) electrons. The molecule has 0 aliphatic rings. The molecule has 14 heavy (non-hydrogen) atoms. The zero-order valence-corrected chi connectivity index (χ0v) is 9.14. The summed E-state index contributed by atoms with van der Waals surface area (Å²) in [4.78, 5) is 2.03. The SMILES string of the molecule is COc1ccc(C(N)c2cnns2)s1. The van der Waals surface area contributed by atoms with Crippen molar-refractivity contribution >= 4 is 22.9 Å². The number of hydrogen-bond acceptors (Lipinski definition) is 6. The fourth-order valence-corrected chi connectivity index (χ4v) is 2.50. The molecule has 0 bridgehead atoms. The smallest absolute Gasteiger partial charge is 0.173 e. The molecule has 1 unspecified atom stereocenters. The predicted molar refractivity (Wildman–Crippen MR) is 56.8 cm³/mol. The van der Waals surface area contributed by atoms with Gasteiger partial charge < -0.3 is 10.5 Å². The van der Waals surface area contributed by atoms with Gasteiger partial charge in [0.25, 0.3) is 0 Å². The molecule has 74 valence electrons. The van der Waals surface area contributed by atoms with Crippen LogP contribution in [0, 0.1) is 0 Å². The van der Waals surface area contributed by atoms with Crippen molar-refractivity contribution in [3.8, 4) is 5.06 Å². The first kappa shape index (κ1) is 9.57. The van der Waals surface area contributed by atoms with E-state index >= 15 is 0 Å². The van der Waals surface area contributed by atoms with Crippen molar-refractivity contribution in [3.05, 3.63) is 28.1 Å². The highest BCUT2D eigenvalue weighted by molar-refractivity contribution is 7.14. The zero-order chi connectivity index (χ0) is 9.97. The van der Waals surface area contributed by atoms with E-state index in [2.05, 4.69) is 9.59 Å². The van der Waals surface area contributed by atoms with Crippen LogP contribution in [0.15, 0.2) is 18.3 Å². The lowest BCUT2D eigenvalue weighted by molar-refractivity contribution is 0.427. The van der Waals surface area contributed by atoms with Crippen LogP contribution in [-0.2, 0) is 0 Å². The Labute approximate surface area is 89.5 Å². The van der Waals surface area contributed by atoms with E-state index in [1.165, 1.54) is 11.5 Å². The molecule has 2 aromatic rings. The predicted octanol–water partition coefficient (Wildman–Crippen LogP) is 1.66. The number of nitrogens with zero attached hydrogens (tertiary/aromatic N) is 2. The van der Waals surface area contributed by atoms with Crippen molar-refractivity contribution in [2.45, 2.75) is 6.04 Å². The Morgan fingerprint density at radius 1 is 1.43 bits per heavy atom. The van der Waals surface area contributed by atoms with Crippen LogP contribution in [0.1, 0.15) is 15.8 Å². The van der Waals surface area contributed by atoms with E-state index in [4.69, 9.17) is 10.5 Å². The number of ether oxygens (including phenoxy) is 1. The lowest BCUT2D eigenvalue weighted by Crippen LogP contribution is -2.07. The molecule has 2 aromatic heterocycles. The second-order valence-corrected chi connectivity index (χ2v) is 4.55. The van der Waals surface area contributed by atoms with Crippen molar-refractivity contribution in [3.63, 3.8) is 0 Å². The van der Waals surface area contributed by atoms with Crippen LogP contribution >= 0.6 is 22.9 Å². The Morgan fingerprint density at radius 3 is 2.86 bits per heavy atom. The zero-order valence-electron chi connectivity index (χ0n) is 7.51. The maximum atomic E-state index is 6.01. The molecule has 0 fully saturated rings. The number of rotatable bonds is 3. The molecule has 0 saturated heterocycles. The summed E-state index contributed by atoms with van der Waals surface area (Å²) in [5.41, 5.74) is 6.01. The number of aromatic nitrogens is 2. The largest absolute Gasteiger partial charge is 0.487 e. The van der Waals surface area contributed by atoms with Crippen molar-refractivity contribution in [2.24, 2.45) is 5.73 Å². The number of nitrogens with two attached hydrogens (primary N) is 1. The van der Waals surface area contributed by atoms with E-state index in [9.17, 15) is 0 Å². The molecule has 0 amide bonds. The first-order valence-electron chi connectivity index (χ1n) is 3.98. The minimum absolute atomic E-state index is 0.135. The molecular weight excluding hydrogens is 218 g/mol. The molecular formula is C8H9N3OS2. The van der Waals surface area contributed by atoms with Gasteiger partial charge in [0.1, 0.15) is 0 Å². The summed E-state index contributed by atoms with van der Waals surface area (Å²) < 4.78 is 8.88. The van der Waals surface area contributed by atoms with Gasteiger partial charge in [-0.05, 0) is 23.7 Å². The van der Waals surface area contributed by atoms with E-state index in [0.717, 1.165) is 14.8 Å². The molecule has 0 aliphatic heterocycles. The molecule has 1 atom stereocenters. The monoisotopic (exact) mass is 227 g/mol. The van der Waals surface area contributed by atoms with Gasteiger partial charge in [0.05, 0.1) is 24.2 Å². The molecule has 0 saturated carbocycles. The summed E-state index contributed by atoms with van der Waals surface area (Å²) >= 11 is 2.87. The normalized spacial score (nSPS) is 12.7. The Hall–Kier alpha value is -0.980. The maximum absolute atomic E-state index is 6.01. The molecule has 2 N–H and O–H groups in total. The highest BCUT2D eigenvalue weighted by Gasteiger charge is 2.13. The molecule has 0 aromatic carbocycles. The summed E-state index contributed by atoms with van der Waals surface area (Å²) in [6, 6.07) is 3.74. The third-order valence-corrected chi connectivity index (χ3v) is 3.67. The topological polar surface area (TPSA) is 61.0 Å². The van der Waals surface area contributed by atoms with E-state index in [-0.39, 0.29) is 6.04 Å². The molecule has 6 heteroatoms. The highest BCUT2D eigenvalue weighted by Crippen LogP contribution is 2.31. The fourth-order valence-electron chi connectivity index (χ4n) is 1.06. The second-order valence-electron chi connectivity index (χ2n) is 2.66. The van der Waals surface area contributed by atoms with Gasteiger partial charge in [-0.1, -0.05) is 4.49 Å². The van der Waals surface area contributed by atoms with Gasteiger partial charge >= 0.3 is 0 Å². The van der Waals surface area contributed by atoms with Gasteiger partial charge in [-0.25, -0.2) is 0 Å². The van der Waals surface area contributed by atoms with Crippen LogP contribution in [0.5, 0.6) is 5.06 Å². The van der Waals surface area contributed by atoms with E-state index in [1.54, 1.807) is 24.6 Å². The average molecular weight is 227 g/mol. The van der Waals surface area contributed by atoms with Crippen molar-refractivity contribution in [2.75, 3.05) is 7.11 Å². The summed E-state index contributed by atoms with van der Waals surface area (Å²) in [6.45, 7) is 0. The van der Waals surface area contributed by atoms with Crippen LogP contribution in [0.3, 0.4) is 0 Å². The fraction of sp³-hybridized carbons (Fsp3) is 0.250. The first-order chi connectivity index (χ1) is 6.81. The van der Waals surface area contributed by atoms with Crippen LogP contribution in [0.25, 0.3) is 0 Å². The highest BCUT2D eigenvalue weighted by atomic mass is 32.1. The van der Waals surface area contributed by atoms with Crippen molar-refractivity contribution in [1.82, 2.24) is 9.59 Å². The van der Waals surface area contributed by atoms with Crippen LogP contribution < -0.4 is 10.5 Å². The maximum Gasteiger partial charge on any atom is 0.173 e. The third-order valence-electron chi connectivity index (χ3n) is 1.79. The summed E-state index contributed by atoms with van der Waals surface area (Å²) in [6.07, 6.45) is 1.70. The van der Waals surface area contributed by atoms with Crippen LogP contribution in [0.4, 0.5) is 0 Å². The Kier molecular flexibility index (Phi) is 2.76. The molecule has 2 heterocycles. The number of thiophene rings is 1. The quantitative estimate of drug-likeness (QED) is 0.866. The second kappa shape index (κ2) is 4.04. The standard InChI is InChI=1S/C8H9N3OS2/c1-12-7-3-2-5(13-7)8(9)6-4-10-11-14-6/h2-4,8H,9H2,1H3.